The lowest BCUT2D eigenvalue weighted by atomic mass is 10.1. The summed E-state index contributed by atoms with van der Waals surface area (Å²) in [7, 11) is 0. The van der Waals surface area contributed by atoms with Gasteiger partial charge < -0.3 is 9.47 Å². The van der Waals surface area contributed by atoms with E-state index in [1.54, 1.807) is 0 Å². The summed E-state index contributed by atoms with van der Waals surface area (Å²) in [6.45, 7) is 8.21. The second-order valence-electron chi connectivity index (χ2n) is 8.00. The quantitative estimate of drug-likeness (QED) is 0.362. The molecule has 0 N–H and O–H groups in total. The Morgan fingerprint density at radius 1 is 0.645 bits per heavy atom. The fourth-order valence-electron chi connectivity index (χ4n) is 3.52. The number of carbonyl (C=O) groups excluding carboxylic acids is 2. The van der Waals surface area contributed by atoms with Crippen molar-refractivity contribution in [3.8, 4) is 0 Å². The van der Waals surface area contributed by atoms with Crippen molar-refractivity contribution in [1.82, 2.24) is 0 Å². The normalized spacial score (nSPS) is 12.8. The summed E-state index contributed by atoms with van der Waals surface area (Å²) in [5, 5.41) is 0. The van der Waals surface area contributed by atoms with Gasteiger partial charge in [0.05, 0.1) is 11.1 Å². The molecule has 2 aromatic carbocycles. The molecule has 31 heavy (non-hydrogen) atoms. The number of hydrogen-bond acceptors (Lipinski definition) is 4. The fourth-order valence-corrected chi connectivity index (χ4v) is 3.52. The highest BCUT2D eigenvalue weighted by molar-refractivity contribution is 5.90. The second-order valence-corrected chi connectivity index (χ2v) is 8.00. The first-order chi connectivity index (χ1) is 15.0. The lowest BCUT2D eigenvalue weighted by Gasteiger charge is -2.22. The molecule has 2 rings (SSSR count). The van der Waals surface area contributed by atoms with E-state index in [2.05, 4.69) is 13.8 Å². The van der Waals surface area contributed by atoms with Crippen LogP contribution in [0.1, 0.15) is 91.6 Å². The van der Waals surface area contributed by atoms with Crippen LogP contribution in [0.4, 0.5) is 0 Å². The maximum Gasteiger partial charge on any atom is 0.338 e. The summed E-state index contributed by atoms with van der Waals surface area (Å²) in [5.41, 5.74) is 3.53. The van der Waals surface area contributed by atoms with Gasteiger partial charge in [-0.25, -0.2) is 9.59 Å². The van der Waals surface area contributed by atoms with Crippen molar-refractivity contribution in [2.45, 2.75) is 84.8 Å². The summed E-state index contributed by atoms with van der Waals surface area (Å²) >= 11 is 0. The first-order valence-corrected chi connectivity index (χ1v) is 11.6. The van der Waals surface area contributed by atoms with Crippen molar-refractivity contribution >= 4 is 11.9 Å². The van der Waals surface area contributed by atoms with Gasteiger partial charge in [-0.3, -0.25) is 0 Å². The molecule has 2 aromatic rings. The van der Waals surface area contributed by atoms with Crippen molar-refractivity contribution in [2.24, 2.45) is 0 Å². The van der Waals surface area contributed by atoms with Crippen molar-refractivity contribution in [1.29, 1.82) is 0 Å². The Labute approximate surface area is 187 Å². The average Bonchev–Trinajstić information content (AvgIpc) is 2.79. The van der Waals surface area contributed by atoms with E-state index in [4.69, 9.17) is 9.47 Å². The van der Waals surface area contributed by atoms with Crippen LogP contribution in [0.25, 0.3) is 0 Å². The van der Waals surface area contributed by atoms with Gasteiger partial charge in [0.25, 0.3) is 0 Å². The van der Waals surface area contributed by atoms with E-state index in [1.807, 2.05) is 62.4 Å². The monoisotopic (exact) mass is 424 g/mol. The zero-order valence-corrected chi connectivity index (χ0v) is 19.4. The van der Waals surface area contributed by atoms with Crippen LogP contribution in [0.2, 0.25) is 0 Å². The Morgan fingerprint density at radius 2 is 1.00 bits per heavy atom. The molecule has 0 spiro atoms. The van der Waals surface area contributed by atoms with E-state index in [1.165, 1.54) is 11.1 Å². The molecule has 0 saturated carbocycles. The number of esters is 2. The van der Waals surface area contributed by atoms with E-state index in [0.717, 1.165) is 25.7 Å². The van der Waals surface area contributed by atoms with Gasteiger partial charge in [-0.05, 0) is 61.1 Å². The summed E-state index contributed by atoms with van der Waals surface area (Å²) in [5.74, 6) is -0.662. The Hall–Kier alpha value is -2.62. The molecular formula is C27H36O4. The second kappa shape index (κ2) is 12.9. The van der Waals surface area contributed by atoms with Crippen LogP contribution in [-0.2, 0) is 22.3 Å². The van der Waals surface area contributed by atoms with Crippen LogP contribution in [-0.4, -0.2) is 24.1 Å². The molecule has 168 valence electrons. The standard InChI is InChI=1S/C27H36O4/c1-5-9-20-11-15-22(16-12-20)26(28)30-24(7-3)19-25(8-4)31-27(29)23-17-13-21(10-6-2)14-18-23/h11-18,24-25H,5-10,19H2,1-4H3/t24-,25+. The molecule has 0 aromatic heterocycles. The van der Waals surface area contributed by atoms with Crippen LogP contribution in [0.3, 0.4) is 0 Å². The minimum atomic E-state index is -0.331. The molecule has 2 atom stereocenters. The smallest absolute Gasteiger partial charge is 0.338 e. The number of ether oxygens (including phenoxy) is 2. The van der Waals surface area contributed by atoms with Crippen molar-refractivity contribution in [3.63, 3.8) is 0 Å². The third-order valence-corrected chi connectivity index (χ3v) is 5.44. The van der Waals surface area contributed by atoms with Crippen LogP contribution in [0.5, 0.6) is 0 Å². The van der Waals surface area contributed by atoms with E-state index in [9.17, 15) is 9.59 Å². The van der Waals surface area contributed by atoms with Crippen LogP contribution in [0.15, 0.2) is 48.5 Å². The van der Waals surface area contributed by atoms with Gasteiger partial charge in [0, 0.05) is 6.42 Å². The predicted octanol–water partition coefficient (Wildman–Crippen LogP) is 6.55. The highest BCUT2D eigenvalue weighted by Gasteiger charge is 2.22. The maximum atomic E-state index is 12.6. The first kappa shape index (κ1) is 24.6. The van der Waals surface area contributed by atoms with E-state index < -0.39 is 0 Å². The third kappa shape index (κ3) is 7.86. The topological polar surface area (TPSA) is 52.6 Å². The number of benzene rings is 2. The summed E-state index contributed by atoms with van der Waals surface area (Å²) in [6, 6.07) is 15.2. The number of rotatable bonds is 12. The van der Waals surface area contributed by atoms with E-state index in [-0.39, 0.29) is 24.1 Å². The van der Waals surface area contributed by atoms with Gasteiger partial charge in [-0.1, -0.05) is 64.8 Å². The van der Waals surface area contributed by atoms with Crippen molar-refractivity contribution in [2.75, 3.05) is 0 Å². The van der Waals surface area contributed by atoms with Crippen LogP contribution >= 0.6 is 0 Å². The van der Waals surface area contributed by atoms with Gasteiger partial charge in [-0.2, -0.15) is 0 Å². The minimum absolute atomic E-state index is 0.299. The van der Waals surface area contributed by atoms with Gasteiger partial charge in [-0.15, -0.1) is 0 Å². The molecule has 4 nitrogen and oxygen atoms in total. The molecule has 0 aliphatic rings. The predicted molar refractivity (Wildman–Crippen MR) is 124 cm³/mol. The summed E-state index contributed by atoms with van der Waals surface area (Å²) in [6.07, 6.45) is 5.37. The van der Waals surface area contributed by atoms with E-state index >= 15 is 0 Å². The van der Waals surface area contributed by atoms with Gasteiger partial charge in [0.2, 0.25) is 0 Å². The Bertz CT molecular complexity index is 739. The number of aryl methyl sites for hydroxylation is 2. The molecule has 0 aliphatic carbocycles. The minimum Gasteiger partial charge on any atom is -0.459 e. The molecule has 0 aliphatic heterocycles. The molecule has 0 heterocycles. The zero-order valence-electron chi connectivity index (χ0n) is 19.4. The molecule has 4 heteroatoms. The lowest BCUT2D eigenvalue weighted by Crippen LogP contribution is -2.27. The molecule has 0 saturated heterocycles. The van der Waals surface area contributed by atoms with Crippen LogP contribution < -0.4 is 0 Å². The Kier molecular flexibility index (Phi) is 10.3. The summed E-state index contributed by atoms with van der Waals surface area (Å²) in [4.78, 5) is 25.1. The Balaban J connectivity index is 1.93. The molecular weight excluding hydrogens is 388 g/mol. The molecule has 0 radical (unpaired) electrons. The highest BCUT2D eigenvalue weighted by Crippen LogP contribution is 2.18. The van der Waals surface area contributed by atoms with Crippen molar-refractivity contribution in [3.05, 3.63) is 70.8 Å². The van der Waals surface area contributed by atoms with Crippen LogP contribution in [0, 0.1) is 0 Å². The fraction of sp³-hybridized carbons (Fsp3) is 0.481. The van der Waals surface area contributed by atoms with Gasteiger partial charge in [0.1, 0.15) is 12.2 Å². The third-order valence-electron chi connectivity index (χ3n) is 5.44. The van der Waals surface area contributed by atoms with Gasteiger partial charge in [0.15, 0.2) is 0 Å². The van der Waals surface area contributed by atoms with E-state index in [0.29, 0.717) is 30.4 Å². The SMILES string of the molecule is CCCc1ccc(C(=O)O[C@H](CC)C[C@H](CC)OC(=O)c2ccc(CCC)cc2)cc1. The number of carbonyl (C=O) groups is 2. The average molecular weight is 425 g/mol. The zero-order chi connectivity index (χ0) is 22.6. The lowest BCUT2D eigenvalue weighted by molar-refractivity contribution is -0.00187. The van der Waals surface area contributed by atoms with Crippen molar-refractivity contribution < 1.29 is 19.1 Å². The first-order valence-electron chi connectivity index (χ1n) is 11.6. The van der Waals surface area contributed by atoms with Gasteiger partial charge >= 0.3 is 11.9 Å². The highest BCUT2D eigenvalue weighted by atomic mass is 16.6. The number of hydrogen-bond donors (Lipinski definition) is 0. The largest absolute Gasteiger partial charge is 0.459 e. The maximum absolute atomic E-state index is 12.6. The molecule has 0 amide bonds. The molecule has 0 unspecified atom stereocenters. The Morgan fingerprint density at radius 3 is 1.29 bits per heavy atom. The molecule has 0 bridgehead atoms. The summed E-state index contributed by atoms with van der Waals surface area (Å²) < 4.78 is 11.4. The molecule has 0 fully saturated rings.